The van der Waals surface area contributed by atoms with Crippen LogP contribution >= 0.6 is 22.6 Å². The van der Waals surface area contributed by atoms with Crippen LogP contribution in [0.4, 0.5) is 0 Å². The minimum Gasteiger partial charge on any atom is -0.355 e. The minimum atomic E-state index is 0.456. The van der Waals surface area contributed by atoms with Crippen LogP contribution < -0.4 is 0 Å². The first-order valence-electron chi connectivity index (χ1n) is 10.3. The molecule has 0 rings (SSSR count). The number of unbranched alkanes of at least 4 members (excludes halogenated alkanes) is 11. The average Bonchev–Trinajstić information content (AvgIpc) is 2.60. The predicted octanol–water partition coefficient (Wildman–Crippen LogP) is 7.45. The summed E-state index contributed by atoms with van der Waals surface area (Å²) in [4.78, 5) is 0. The van der Waals surface area contributed by atoms with E-state index in [1.807, 2.05) is 0 Å². The van der Waals surface area contributed by atoms with Gasteiger partial charge in [0.1, 0.15) is 6.79 Å². The fourth-order valence-corrected chi connectivity index (χ4v) is 3.15. The Bertz CT molecular complexity index is 220. The van der Waals surface area contributed by atoms with E-state index >= 15 is 0 Å². The zero-order valence-corrected chi connectivity index (χ0v) is 18.2. The minimum absolute atomic E-state index is 0.456. The molecule has 144 valence electrons. The number of hydrogen-bond acceptors (Lipinski definition) is 2. The Morgan fingerprint density at radius 2 is 1.21 bits per heavy atom. The van der Waals surface area contributed by atoms with Gasteiger partial charge in [-0.3, -0.25) is 0 Å². The number of ether oxygens (including phenoxy) is 2. The first-order chi connectivity index (χ1) is 11.9. The van der Waals surface area contributed by atoms with E-state index in [9.17, 15) is 0 Å². The maximum Gasteiger partial charge on any atom is 0.146 e. The highest BCUT2D eigenvalue weighted by Gasteiger charge is 1.92. The van der Waals surface area contributed by atoms with Crippen LogP contribution in [0.1, 0.15) is 96.8 Å². The third-order valence-electron chi connectivity index (χ3n) is 4.16. The van der Waals surface area contributed by atoms with E-state index in [4.69, 9.17) is 9.47 Å². The molecule has 0 aliphatic heterocycles. The Labute approximate surface area is 165 Å². The second-order valence-corrected chi connectivity index (χ2v) is 7.64. The fraction of sp³-hybridized carbons (Fsp3) is 0.905. The molecule has 2 nitrogen and oxygen atoms in total. The van der Waals surface area contributed by atoms with Gasteiger partial charge in [0.25, 0.3) is 0 Å². The molecule has 0 N–H and O–H groups in total. The van der Waals surface area contributed by atoms with Crippen molar-refractivity contribution in [1.82, 2.24) is 0 Å². The van der Waals surface area contributed by atoms with Crippen molar-refractivity contribution in [1.29, 1.82) is 0 Å². The summed E-state index contributed by atoms with van der Waals surface area (Å²) in [5.74, 6) is 0. The molecule has 24 heavy (non-hydrogen) atoms. The topological polar surface area (TPSA) is 18.5 Å². The first kappa shape index (κ1) is 24.4. The van der Waals surface area contributed by atoms with Gasteiger partial charge in [0, 0.05) is 6.61 Å². The van der Waals surface area contributed by atoms with Crippen molar-refractivity contribution in [3.8, 4) is 0 Å². The summed E-state index contributed by atoms with van der Waals surface area (Å²) in [7, 11) is 0. The van der Waals surface area contributed by atoms with Crippen molar-refractivity contribution in [3.63, 3.8) is 0 Å². The lowest BCUT2D eigenvalue weighted by Crippen LogP contribution is -2.02. The molecule has 0 amide bonds. The van der Waals surface area contributed by atoms with Gasteiger partial charge in [0.2, 0.25) is 0 Å². The normalized spacial score (nSPS) is 11.6. The van der Waals surface area contributed by atoms with E-state index in [2.05, 4.69) is 41.7 Å². The standard InChI is InChI=1S/C21H41IO2/c1-2-3-4-16-19-23-21-24-20-17-14-12-10-8-6-5-7-9-11-13-15-18-22/h12,14H,2-11,13,15-21H2,1H3. The van der Waals surface area contributed by atoms with E-state index in [1.54, 1.807) is 0 Å². The summed E-state index contributed by atoms with van der Waals surface area (Å²) in [6.07, 6.45) is 23.1. The smallest absolute Gasteiger partial charge is 0.146 e. The molecular formula is C21H41IO2. The van der Waals surface area contributed by atoms with Crippen molar-refractivity contribution < 1.29 is 9.47 Å². The Morgan fingerprint density at radius 3 is 1.92 bits per heavy atom. The van der Waals surface area contributed by atoms with E-state index < -0.39 is 0 Å². The maximum absolute atomic E-state index is 5.47. The highest BCUT2D eigenvalue weighted by Crippen LogP contribution is 2.10. The quantitative estimate of drug-likeness (QED) is 0.0628. The Kier molecular flexibility index (Phi) is 23.8. The lowest BCUT2D eigenvalue weighted by Gasteiger charge is -2.04. The lowest BCUT2D eigenvalue weighted by atomic mass is 10.1. The van der Waals surface area contributed by atoms with E-state index in [0.29, 0.717) is 6.79 Å². The van der Waals surface area contributed by atoms with Crippen LogP contribution in [0, 0.1) is 0 Å². The van der Waals surface area contributed by atoms with Gasteiger partial charge < -0.3 is 9.47 Å². The Balaban J connectivity index is 3.04. The van der Waals surface area contributed by atoms with Gasteiger partial charge in [-0.05, 0) is 36.5 Å². The van der Waals surface area contributed by atoms with Gasteiger partial charge in [0.15, 0.2) is 0 Å². The summed E-state index contributed by atoms with van der Waals surface area (Å²) in [6.45, 7) is 4.31. The summed E-state index contributed by atoms with van der Waals surface area (Å²) in [5.41, 5.74) is 0. The number of halogens is 1. The molecule has 0 saturated heterocycles. The molecular weight excluding hydrogens is 411 g/mol. The largest absolute Gasteiger partial charge is 0.355 e. The van der Waals surface area contributed by atoms with Gasteiger partial charge in [-0.15, -0.1) is 0 Å². The maximum atomic E-state index is 5.47. The number of alkyl halides is 1. The number of hydrogen-bond donors (Lipinski definition) is 0. The van der Waals surface area contributed by atoms with E-state index in [0.717, 1.165) is 26.1 Å². The van der Waals surface area contributed by atoms with Crippen molar-refractivity contribution in [2.45, 2.75) is 96.8 Å². The third kappa shape index (κ3) is 22.4. The molecule has 0 aromatic carbocycles. The molecule has 0 heterocycles. The van der Waals surface area contributed by atoms with Gasteiger partial charge >= 0.3 is 0 Å². The monoisotopic (exact) mass is 452 g/mol. The number of rotatable bonds is 20. The van der Waals surface area contributed by atoms with Crippen LogP contribution in [-0.2, 0) is 9.47 Å². The van der Waals surface area contributed by atoms with E-state index in [1.165, 1.54) is 81.5 Å². The average molecular weight is 452 g/mol. The summed E-state index contributed by atoms with van der Waals surface area (Å²) in [5, 5.41) is 0. The first-order valence-corrected chi connectivity index (χ1v) is 11.8. The van der Waals surface area contributed by atoms with E-state index in [-0.39, 0.29) is 0 Å². The second-order valence-electron chi connectivity index (χ2n) is 6.56. The molecule has 0 fully saturated rings. The Morgan fingerprint density at radius 1 is 0.625 bits per heavy atom. The molecule has 0 atom stereocenters. The predicted molar refractivity (Wildman–Crippen MR) is 115 cm³/mol. The van der Waals surface area contributed by atoms with Crippen molar-refractivity contribution in [2.24, 2.45) is 0 Å². The second kappa shape index (κ2) is 23.4. The SMILES string of the molecule is CCCCCCOCOCCC=CCCCCCCCCCCI. The van der Waals surface area contributed by atoms with Crippen LogP contribution in [0.5, 0.6) is 0 Å². The molecule has 0 aromatic rings. The van der Waals surface area contributed by atoms with Crippen LogP contribution in [0.25, 0.3) is 0 Å². The van der Waals surface area contributed by atoms with Gasteiger partial charge in [-0.25, -0.2) is 0 Å². The van der Waals surface area contributed by atoms with Crippen LogP contribution in [0.15, 0.2) is 12.2 Å². The zero-order valence-electron chi connectivity index (χ0n) is 16.1. The van der Waals surface area contributed by atoms with Crippen LogP contribution in [-0.4, -0.2) is 24.4 Å². The van der Waals surface area contributed by atoms with Gasteiger partial charge in [0.05, 0.1) is 6.61 Å². The summed E-state index contributed by atoms with van der Waals surface area (Å²) < 4.78 is 12.2. The molecule has 0 spiro atoms. The van der Waals surface area contributed by atoms with Gasteiger partial charge in [-0.2, -0.15) is 0 Å². The van der Waals surface area contributed by atoms with Crippen molar-refractivity contribution in [3.05, 3.63) is 12.2 Å². The lowest BCUT2D eigenvalue weighted by molar-refractivity contribution is -0.0531. The molecule has 3 heteroatoms. The molecule has 0 unspecified atom stereocenters. The molecule has 0 radical (unpaired) electrons. The highest BCUT2D eigenvalue weighted by molar-refractivity contribution is 14.1. The molecule has 0 bridgehead atoms. The molecule has 0 aromatic heterocycles. The number of allylic oxidation sites excluding steroid dienone is 1. The Hall–Kier alpha value is 0.390. The van der Waals surface area contributed by atoms with Crippen molar-refractivity contribution in [2.75, 3.05) is 24.4 Å². The molecule has 0 aliphatic carbocycles. The summed E-state index contributed by atoms with van der Waals surface area (Å²) >= 11 is 2.47. The highest BCUT2D eigenvalue weighted by atomic mass is 127. The third-order valence-corrected chi connectivity index (χ3v) is 4.92. The van der Waals surface area contributed by atoms with Crippen LogP contribution in [0.3, 0.4) is 0 Å². The van der Waals surface area contributed by atoms with Crippen LogP contribution in [0.2, 0.25) is 0 Å². The zero-order chi connectivity index (χ0) is 17.6. The molecule has 0 saturated carbocycles. The fourth-order valence-electron chi connectivity index (χ4n) is 2.61. The molecule has 0 aliphatic rings. The van der Waals surface area contributed by atoms with Gasteiger partial charge in [-0.1, -0.05) is 99.5 Å². The summed E-state index contributed by atoms with van der Waals surface area (Å²) in [6, 6.07) is 0. The van der Waals surface area contributed by atoms with Crippen molar-refractivity contribution >= 4 is 22.6 Å².